The number of para-hydroxylation sites is 1. The Bertz CT molecular complexity index is 816. The zero-order valence-electron chi connectivity index (χ0n) is 16.0. The van der Waals surface area contributed by atoms with Crippen LogP contribution in [0.15, 0.2) is 30.3 Å². The summed E-state index contributed by atoms with van der Waals surface area (Å²) in [4.78, 5) is 13.5. The van der Waals surface area contributed by atoms with Gasteiger partial charge in [-0.2, -0.15) is 0 Å². The molecule has 8 heteroatoms. The van der Waals surface area contributed by atoms with Crippen molar-refractivity contribution in [2.75, 3.05) is 18.8 Å². The Balaban J connectivity index is 1.73. The molecule has 0 saturated carbocycles. The molecule has 1 saturated heterocycles. The number of alkyl halides is 1. The Labute approximate surface area is 157 Å². The first-order chi connectivity index (χ1) is 12.7. The molecular weight excluding hydrogens is 351 g/mol. The first kappa shape index (κ1) is 19.0. The monoisotopic (exact) mass is 376 g/mol. The minimum atomic E-state index is -1.33. The number of anilines is 1. The van der Waals surface area contributed by atoms with E-state index >= 15 is 0 Å². The normalized spacial score (nSPS) is 20.0. The lowest BCUT2D eigenvalue weighted by Gasteiger charge is -2.24. The number of carbonyl (C=O) groups is 1. The molecule has 1 aromatic carbocycles. The summed E-state index contributed by atoms with van der Waals surface area (Å²) in [5.41, 5.74) is 6.90. The van der Waals surface area contributed by atoms with Crippen LogP contribution in [-0.4, -0.2) is 51.7 Å². The lowest BCUT2D eigenvalue weighted by Crippen LogP contribution is -2.36. The van der Waals surface area contributed by atoms with Gasteiger partial charge in [0.25, 0.3) is 0 Å². The summed E-state index contributed by atoms with van der Waals surface area (Å²) < 4.78 is 27.1. The molecule has 0 bridgehead atoms. The second-order valence-corrected chi connectivity index (χ2v) is 7.62. The Morgan fingerprint density at radius 3 is 2.56 bits per heavy atom. The van der Waals surface area contributed by atoms with Crippen molar-refractivity contribution in [3.05, 3.63) is 35.9 Å². The van der Waals surface area contributed by atoms with Crippen molar-refractivity contribution in [2.45, 2.75) is 45.6 Å². The van der Waals surface area contributed by atoms with E-state index in [4.69, 9.17) is 15.2 Å². The summed E-state index contributed by atoms with van der Waals surface area (Å²) in [6.45, 7) is 7.09. The molecule has 2 atom stereocenters. The van der Waals surface area contributed by atoms with Gasteiger partial charge in [-0.1, -0.05) is 18.2 Å². The maximum Gasteiger partial charge on any atom is 0.410 e. The second kappa shape index (κ2) is 7.09. The Morgan fingerprint density at radius 1 is 1.26 bits per heavy atom. The molecule has 0 radical (unpaired) electrons. The van der Waals surface area contributed by atoms with Crippen LogP contribution in [0.3, 0.4) is 0 Å². The van der Waals surface area contributed by atoms with Gasteiger partial charge in [-0.3, -0.25) is 0 Å². The van der Waals surface area contributed by atoms with Gasteiger partial charge in [-0.05, 0) is 39.8 Å². The molecule has 2 heterocycles. The maximum absolute atomic E-state index is 14.4. The number of nitrogens with two attached hydrogens (primary N) is 1. The molecule has 7 nitrogen and oxygen atoms in total. The van der Waals surface area contributed by atoms with Gasteiger partial charge in [0.15, 0.2) is 12.3 Å². The number of carbonyl (C=O) groups excluding carboxylic acids is 1. The van der Waals surface area contributed by atoms with Crippen molar-refractivity contribution in [3.8, 4) is 11.6 Å². The first-order valence-electron chi connectivity index (χ1n) is 8.85. The van der Waals surface area contributed by atoms with Crippen molar-refractivity contribution in [1.29, 1.82) is 0 Å². The van der Waals surface area contributed by atoms with Crippen LogP contribution in [-0.2, 0) is 4.74 Å². The van der Waals surface area contributed by atoms with Crippen LogP contribution in [0.2, 0.25) is 0 Å². The van der Waals surface area contributed by atoms with Gasteiger partial charge in [0, 0.05) is 0 Å². The van der Waals surface area contributed by atoms with Gasteiger partial charge in [-0.15, -0.1) is 5.10 Å². The standard InChI is InChI=1S/C19H25FN4O3/c1-12-16(21)24(13-8-6-5-7-9-13)22-17(12)26-15-11-23(10-14(15)20)18(25)27-19(2,3)4/h5-9,14-15H,10-11,21H2,1-4H3/t14-,15+/m1/s1. The third-order valence-corrected chi connectivity index (χ3v) is 4.24. The first-order valence-corrected chi connectivity index (χ1v) is 8.85. The number of nitrogen functional groups attached to an aromatic ring is 1. The van der Waals surface area contributed by atoms with Gasteiger partial charge in [0.1, 0.15) is 11.4 Å². The number of rotatable bonds is 3. The Morgan fingerprint density at radius 2 is 1.93 bits per heavy atom. The summed E-state index contributed by atoms with van der Waals surface area (Å²) in [6.07, 6.45) is -2.71. The number of hydrogen-bond donors (Lipinski definition) is 1. The second-order valence-electron chi connectivity index (χ2n) is 7.62. The summed E-state index contributed by atoms with van der Waals surface area (Å²) in [5.74, 6) is 0.684. The van der Waals surface area contributed by atoms with E-state index in [0.29, 0.717) is 11.4 Å². The van der Waals surface area contributed by atoms with E-state index in [0.717, 1.165) is 5.69 Å². The van der Waals surface area contributed by atoms with Crippen LogP contribution in [0.25, 0.3) is 5.69 Å². The predicted molar refractivity (Wildman–Crippen MR) is 99.8 cm³/mol. The molecule has 1 amide bonds. The summed E-state index contributed by atoms with van der Waals surface area (Å²) in [5, 5.41) is 4.37. The molecule has 1 aromatic heterocycles. The molecule has 3 rings (SSSR count). The quantitative estimate of drug-likeness (QED) is 0.890. The van der Waals surface area contributed by atoms with E-state index in [-0.39, 0.29) is 19.0 Å². The fraction of sp³-hybridized carbons (Fsp3) is 0.474. The van der Waals surface area contributed by atoms with Crippen LogP contribution >= 0.6 is 0 Å². The number of aromatic nitrogens is 2. The molecule has 0 unspecified atom stereocenters. The van der Waals surface area contributed by atoms with Crippen LogP contribution in [0.5, 0.6) is 5.88 Å². The van der Waals surface area contributed by atoms with Gasteiger partial charge < -0.3 is 20.1 Å². The number of likely N-dealkylation sites (tertiary alicyclic amines) is 1. The minimum Gasteiger partial charge on any atom is -0.468 e. The molecule has 1 aliphatic heterocycles. The van der Waals surface area contributed by atoms with Crippen molar-refractivity contribution in [1.82, 2.24) is 14.7 Å². The van der Waals surface area contributed by atoms with E-state index < -0.39 is 24.0 Å². The van der Waals surface area contributed by atoms with E-state index in [1.165, 1.54) is 4.90 Å². The average molecular weight is 376 g/mol. The van der Waals surface area contributed by atoms with Crippen molar-refractivity contribution in [2.24, 2.45) is 0 Å². The molecule has 1 fully saturated rings. The zero-order chi connectivity index (χ0) is 19.8. The maximum atomic E-state index is 14.4. The molecule has 27 heavy (non-hydrogen) atoms. The fourth-order valence-corrected chi connectivity index (χ4v) is 2.83. The highest BCUT2D eigenvalue weighted by Gasteiger charge is 2.39. The largest absolute Gasteiger partial charge is 0.468 e. The highest BCUT2D eigenvalue weighted by molar-refractivity contribution is 5.68. The lowest BCUT2D eigenvalue weighted by atomic mass is 10.2. The SMILES string of the molecule is Cc1c(O[C@H]2CN(C(=O)OC(C)(C)C)C[C@H]2F)nn(-c2ccccc2)c1N. The predicted octanol–water partition coefficient (Wildman–Crippen LogP) is 3.10. The number of amides is 1. The third kappa shape index (κ3) is 4.15. The zero-order valence-corrected chi connectivity index (χ0v) is 16.0. The fourth-order valence-electron chi connectivity index (χ4n) is 2.83. The molecule has 146 valence electrons. The average Bonchev–Trinajstić information content (AvgIpc) is 3.10. The van der Waals surface area contributed by atoms with E-state index in [1.54, 1.807) is 32.4 Å². The molecule has 2 N–H and O–H groups in total. The highest BCUT2D eigenvalue weighted by atomic mass is 19.1. The smallest absolute Gasteiger partial charge is 0.410 e. The number of halogens is 1. The van der Waals surface area contributed by atoms with Gasteiger partial charge in [0.05, 0.1) is 24.3 Å². The number of benzene rings is 1. The summed E-state index contributed by atoms with van der Waals surface area (Å²) in [6, 6.07) is 9.37. The molecule has 0 spiro atoms. The van der Waals surface area contributed by atoms with E-state index in [1.807, 2.05) is 30.3 Å². The van der Waals surface area contributed by atoms with Gasteiger partial charge in [-0.25, -0.2) is 13.9 Å². The van der Waals surface area contributed by atoms with E-state index in [2.05, 4.69) is 5.10 Å². The Kier molecular flexibility index (Phi) is 4.99. The van der Waals surface area contributed by atoms with Gasteiger partial charge >= 0.3 is 6.09 Å². The van der Waals surface area contributed by atoms with Crippen molar-refractivity contribution >= 4 is 11.9 Å². The van der Waals surface area contributed by atoms with Crippen LogP contribution in [0.4, 0.5) is 15.0 Å². The minimum absolute atomic E-state index is 0.0759. The van der Waals surface area contributed by atoms with Gasteiger partial charge in [0.2, 0.25) is 5.88 Å². The Hall–Kier alpha value is -2.77. The molecule has 2 aromatic rings. The number of hydrogen-bond acceptors (Lipinski definition) is 5. The topological polar surface area (TPSA) is 82.6 Å². The highest BCUT2D eigenvalue weighted by Crippen LogP contribution is 2.29. The van der Waals surface area contributed by atoms with Crippen LogP contribution < -0.4 is 10.5 Å². The number of nitrogens with zero attached hydrogens (tertiary/aromatic N) is 3. The summed E-state index contributed by atoms with van der Waals surface area (Å²) in [7, 11) is 0. The van der Waals surface area contributed by atoms with Crippen LogP contribution in [0.1, 0.15) is 26.3 Å². The van der Waals surface area contributed by atoms with Crippen molar-refractivity contribution < 1.29 is 18.7 Å². The molecule has 1 aliphatic rings. The number of ether oxygens (including phenoxy) is 2. The van der Waals surface area contributed by atoms with E-state index in [9.17, 15) is 9.18 Å². The molecule has 0 aliphatic carbocycles. The summed E-state index contributed by atoms with van der Waals surface area (Å²) >= 11 is 0. The molecular formula is C19H25FN4O3. The van der Waals surface area contributed by atoms with Crippen LogP contribution in [0, 0.1) is 6.92 Å². The van der Waals surface area contributed by atoms with Crippen molar-refractivity contribution in [3.63, 3.8) is 0 Å². The third-order valence-electron chi connectivity index (χ3n) is 4.24. The lowest BCUT2D eigenvalue weighted by molar-refractivity contribution is 0.0273.